The molecule has 0 N–H and O–H groups in total. The van der Waals surface area contributed by atoms with Gasteiger partial charge >= 0.3 is 0 Å². The number of hydrogen-bond donors (Lipinski definition) is 0. The zero-order valence-electron chi connectivity index (χ0n) is 7.96. The fraction of sp³-hybridized carbons (Fsp3) is 0.0909. The van der Waals surface area contributed by atoms with E-state index in [1.54, 1.807) is 17.1 Å². The van der Waals surface area contributed by atoms with E-state index in [4.69, 9.17) is 0 Å². The van der Waals surface area contributed by atoms with Crippen LogP contribution in [0.1, 0.15) is 12.5 Å². The van der Waals surface area contributed by atoms with Gasteiger partial charge in [-0.15, -0.1) is 0 Å². The Morgan fingerprint density at radius 1 is 1.21 bits per heavy atom. The Labute approximate surface area is 82.7 Å². The predicted molar refractivity (Wildman–Crippen MR) is 56.3 cm³/mol. The van der Waals surface area contributed by atoms with Crippen LogP contribution in [0.5, 0.6) is 0 Å². The molecule has 0 radical (unpaired) electrons. The van der Waals surface area contributed by atoms with Crippen molar-refractivity contribution in [2.45, 2.75) is 6.92 Å². The highest BCUT2D eigenvalue weighted by molar-refractivity contribution is 5.98. The second kappa shape index (κ2) is 3.87. The highest BCUT2D eigenvalue weighted by atomic mass is 15.3. The maximum absolute atomic E-state index is 4.39. The first kappa shape index (κ1) is 8.69. The van der Waals surface area contributed by atoms with Crippen molar-refractivity contribution >= 4 is 5.71 Å². The van der Waals surface area contributed by atoms with Crippen LogP contribution >= 0.6 is 0 Å². The summed E-state index contributed by atoms with van der Waals surface area (Å²) in [5.74, 6) is 0. The third-order valence-electron chi connectivity index (χ3n) is 1.95. The molecule has 0 fully saturated rings. The minimum atomic E-state index is 0.976. The summed E-state index contributed by atoms with van der Waals surface area (Å²) in [6.07, 6.45) is 7.35. The molecule has 0 bridgehead atoms. The average Bonchev–Trinajstić information content (AvgIpc) is 2.72. The smallest absolute Gasteiger partial charge is 0.0655 e. The molecule has 0 aromatic carbocycles. The molecule has 0 spiro atoms. The summed E-state index contributed by atoms with van der Waals surface area (Å²) in [7, 11) is 0. The Bertz CT molecular complexity index is 415. The Hall–Kier alpha value is -1.90. The lowest BCUT2D eigenvalue weighted by atomic mass is 10.2. The van der Waals surface area contributed by atoms with Crippen molar-refractivity contribution in [2.75, 3.05) is 0 Å². The van der Waals surface area contributed by atoms with Gasteiger partial charge in [-0.1, -0.05) is 0 Å². The Morgan fingerprint density at radius 2 is 1.86 bits per heavy atom. The normalized spacial score (nSPS) is 11.6. The maximum atomic E-state index is 4.39. The molecule has 3 nitrogen and oxygen atoms in total. The third kappa shape index (κ3) is 1.88. The van der Waals surface area contributed by atoms with Gasteiger partial charge in [-0.2, -0.15) is 5.10 Å². The Kier molecular flexibility index (Phi) is 2.40. The van der Waals surface area contributed by atoms with Crippen molar-refractivity contribution in [3.63, 3.8) is 0 Å². The molecule has 0 amide bonds. The van der Waals surface area contributed by atoms with Gasteiger partial charge < -0.3 is 0 Å². The van der Waals surface area contributed by atoms with Crippen LogP contribution in [0.3, 0.4) is 0 Å². The van der Waals surface area contributed by atoms with Crippen LogP contribution in [-0.2, 0) is 0 Å². The second-order valence-corrected chi connectivity index (χ2v) is 2.98. The number of rotatable bonds is 2. The SMILES string of the molecule is CC(=Nn1cccc1)c1ccncc1. The minimum absolute atomic E-state index is 0.976. The van der Waals surface area contributed by atoms with Gasteiger partial charge in [-0.05, 0) is 31.2 Å². The third-order valence-corrected chi connectivity index (χ3v) is 1.95. The lowest BCUT2D eigenvalue weighted by molar-refractivity contribution is 0.886. The van der Waals surface area contributed by atoms with Crippen molar-refractivity contribution in [3.05, 3.63) is 54.6 Å². The Morgan fingerprint density at radius 3 is 2.50 bits per heavy atom. The zero-order chi connectivity index (χ0) is 9.80. The van der Waals surface area contributed by atoms with E-state index >= 15 is 0 Å². The monoisotopic (exact) mass is 185 g/mol. The molecular weight excluding hydrogens is 174 g/mol. The second-order valence-electron chi connectivity index (χ2n) is 2.98. The fourth-order valence-electron chi connectivity index (χ4n) is 1.22. The van der Waals surface area contributed by atoms with Gasteiger partial charge in [-0.25, -0.2) is 4.68 Å². The molecule has 2 aromatic rings. The van der Waals surface area contributed by atoms with E-state index in [0.717, 1.165) is 11.3 Å². The predicted octanol–water partition coefficient (Wildman–Crippen LogP) is 2.16. The van der Waals surface area contributed by atoms with Gasteiger partial charge in [0.1, 0.15) is 0 Å². The van der Waals surface area contributed by atoms with Crippen LogP contribution in [0.2, 0.25) is 0 Å². The molecular formula is C11H11N3. The Balaban J connectivity index is 2.29. The van der Waals surface area contributed by atoms with Crippen molar-refractivity contribution < 1.29 is 0 Å². The summed E-state index contributed by atoms with van der Waals surface area (Å²) in [4.78, 5) is 3.96. The van der Waals surface area contributed by atoms with Gasteiger partial charge in [-0.3, -0.25) is 4.98 Å². The summed E-state index contributed by atoms with van der Waals surface area (Å²) in [5, 5.41) is 4.39. The maximum Gasteiger partial charge on any atom is 0.0655 e. The van der Waals surface area contributed by atoms with E-state index in [-0.39, 0.29) is 0 Å². The number of aromatic nitrogens is 2. The molecule has 0 aliphatic heterocycles. The number of nitrogens with zero attached hydrogens (tertiary/aromatic N) is 3. The van der Waals surface area contributed by atoms with Crippen LogP contribution in [0.4, 0.5) is 0 Å². The van der Waals surface area contributed by atoms with Crippen LogP contribution in [0.15, 0.2) is 54.2 Å². The van der Waals surface area contributed by atoms with Gasteiger partial charge in [0.25, 0.3) is 0 Å². The molecule has 2 aromatic heterocycles. The van der Waals surface area contributed by atoms with E-state index in [1.165, 1.54) is 0 Å². The van der Waals surface area contributed by atoms with E-state index in [9.17, 15) is 0 Å². The van der Waals surface area contributed by atoms with Gasteiger partial charge in [0.15, 0.2) is 0 Å². The molecule has 0 aliphatic carbocycles. The lowest BCUT2D eigenvalue weighted by Gasteiger charge is -1.99. The molecule has 70 valence electrons. The van der Waals surface area contributed by atoms with Gasteiger partial charge in [0.05, 0.1) is 5.71 Å². The van der Waals surface area contributed by atoms with E-state index in [0.29, 0.717) is 0 Å². The van der Waals surface area contributed by atoms with Crippen LogP contribution in [0.25, 0.3) is 0 Å². The molecule has 14 heavy (non-hydrogen) atoms. The molecule has 0 unspecified atom stereocenters. The van der Waals surface area contributed by atoms with E-state index in [1.807, 2.05) is 43.6 Å². The van der Waals surface area contributed by atoms with E-state index in [2.05, 4.69) is 10.1 Å². The van der Waals surface area contributed by atoms with Gasteiger partial charge in [0.2, 0.25) is 0 Å². The van der Waals surface area contributed by atoms with Gasteiger partial charge in [0, 0.05) is 30.4 Å². The van der Waals surface area contributed by atoms with Crippen LogP contribution < -0.4 is 0 Å². The largest absolute Gasteiger partial charge is 0.265 e. The van der Waals surface area contributed by atoms with E-state index < -0.39 is 0 Å². The van der Waals surface area contributed by atoms with Crippen molar-refractivity contribution in [1.82, 2.24) is 9.66 Å². The van der Waals surface area contributed by atoms with Crippen molar-refractivity contribution in [2.24, 2.45) is 5.10 Å². The number of pyridine rings is 1. The highest BCUT2D eigenvalue weighted by Crippen LogP contribution is 2.00. The first-order chi connectivity index (χ1) is 6.86. The minimum Gasteiger partial charge on any atom is -0.265 e. The first-order valence-corrected chi connectivity index (χ1v) is 4.45. The first-order valence-electron chi connectivity index (χ1n) is 4.45. The topological polar surface area (TPSA) is 30.2 Å². The summed E-state index contributed by atoms with van der Waals surface area (Å²) in [6.45, 7) is 1.98. The molecule has 0 saturated carbocycles. The standard InChI is InChI=1S/C11H11N3/c1-10(11-4-6-12-7-5-11)13-14-8-2-3-9-14/h2-9H,1H3. The summed E-state index contributed by atoms with van der Waals surface area (Å²) < 4.78 is 1.79. The quantitative estimate of drug-likeness (QED) is 0.659. The molecule has 0 aliphatic rings. The van der Waals surface area contributed by atoms with Crippen LogP contribution in [-0.4, -0.2) is 15.4 Å². The molecule has 2 heterocycles. The van der Waals surface area contributed by atoms with Crippen molar-refractivity contribution in [3.8, 4) is 0 Å². The van der Waals surface area contributed by atoms with Crippen LogP contribution in [0, 0.1) is 0 Å². The zero-order valence-corrected chi connectivity index (χ0v) is 7.96. The lowest BCUT2D eigenvalue weighted by Crippen LogP contribution is -1.97. The fourth-order valence-corrected chi connectivity index (χ4v) is 1.22. The summed E-state index contributed by atoms with van der Waals surface area (Å²) >= 11 is 0. The number of hydrogen-bond acceptors (Lipinski definition) is 2. The highest BCUT2D eigenvalue weighted by Gasteiger charge is 1.95. The molecule has 0 saturated heterocycles. The average molecular weight is 185 g/mol. The molecule has 2 rings (SSSR count). The molecule has 0 atom stereocenters. The summed E-state index contributed by atoms with van der Waals surface area (Å²) in [5.41, 5.74) is 2.07. The van der Waals surface area contributed by atoms with Crippen molar-refractivity contribution in [1.29, 1.82) is 0 Å². The molecule has 3 heteroatoms. The summed E-state index contributed by atoms with van der Waals surface area (Å²) in [6, 6.07) is 7.79.